The van der Waals surface area contributed by atoms with Crippen molar-refractivity contribution in [2.75, 3.05) is 18.8 Å². The first-order chi connectivity index (χ1) is 9.57. The number of sulfonamides is 1. The van der Waals surface area contributed by atoms with E-state index < -0.39 is 10.0 Å². The predicted molar refractivity (Wildman–Crippen MR) is 89.3 cm³/mol. The van der Waals surface area contributed by atoms with E-state index in [0.29, 0.717) is 13.1 Å². The smallest absolute Gasteiger partial charge is 0.244 e. The number of nitrogens with zero attached hydrogens (tertiary/aromatic N) is 1. The molecule has 0 aliphatic rings. The van der Waals surface area contributed by atoms with Gasteiger partial charge in [0.15, 0.2) is 0 Å². The number of rotatable bonds is 6. The van der Waals surface area contributed by atoms with Gasteiger partial charge in [0.05, 0.1) is 15.7 Å². The molecule has 1 aromatic carbocycles. The molecule has 0 aliphatic carbocycles. The van der Waals surface area contributed by atoms with Crippen LogP contribution in [-0.2, 0) is 10.0 Å². The van der Waals surface area contributed by atoms with E-state index in [0.717, 1.165) is 0 Å². The molecule has 1 aromatic rings. The van der Waals surface area contributed by atoms with E-state index in [-0.39, 0.29) is 32.5 Å². The zero-order valence-electron chi connectivity index (χ0n) is 12.7. The van der Waals surface area contributed by atoms with Gasteiger partial charge in [-0.05, 0) is 24.0 Å². The summed E-state index contributed by atoms with van der Waals surface area (Å²) in [5.74, 6) is 0.420. The third kappa shape index (κ3) is 4.49. The molecule has 0 unspecified atom stereocenters. The maximum absolute atomic E-state index is 12.8. The first kappa shape index (κ1) is 18.6. The van der Waals surface area contributed by atoms with Crippen LogP contribution in [0.1, 0.15) is 27.7 Å². The van der Waals surface area contributed by atoms with Crippen LogP contribution in [0.2, 0.25) is 10.0 Å². The first-order valence-electron chi connectivity index (χ1n) is 6.81. The standard InChI is InChI=1S/C14H22Cl2N2O2S/c1-9(2)7-18(8-10(3)4)21(19,20)12-6-5-11(15)14(17)13(12)16/h5-6,9-10H,7-8,17H2,1-4H3. The van der Waals surface area contributed by atoms with E-state index in [1.54, 1.807) is 0 Å². The van der Waals surface area contributed by atoms with E-state index in [1.807, 2.05) is 27.7 Å². The van der Waals surface area contributed by atoms with Crippen molar-refractivity contribution in [3.05, 3.63) is 22.2 Å². The molecule has 120 valence electrons. The van der Waals surface area contributed by atoms with Gasteiger partial charge in [-0.15, -0.1) is 0 Å². The number of hydrogen-bond donors (Lipinski definition) is 1. The van der Waals surface area contributed by atoms with Gasteiger partial charge in [-0.25, -0.2) is 8.42 Å². The average molecular weight is 353 g/mol. The quantitative estimate of drug-likeness (QED) is 0.790. The number of anilines is 1. The van der Waals surface area contributed by atoms with Crippen molar-refractivity contribution in [1.29, 1.82) is 0 Å². The summed E-state index contributed by atoms with van der Waals surface area (Å²) < 4.78 is 27.1. The minimum Gasteiger partial charge on any atom is -0.396 e. The van der Waals surface area contributed by atoms with Crippen molar-refractivity contribution >= 4 is 38.9 Å². The molecule has 21 heavy (non-hydrogen) atoms. The molecule has 0 saturated carbocycles. The van der Waals surface area contributed by atoms with Crippen LogP contribution >= 0.6 is 23.2 Å². The number of halogens is 2. The summed E-state index contributed by atoms with van der Waals surface area (Å²) in [4.78, 5) is 0.00682. The molecule has 0 aliphatic heterocycles. The Morgan fingerprint density at radius 3 is 2.00 bits per heavy atom. The van der Waals surface area contributed by atoms with E-state index >= 15 is 0 Å². The Kier molecular flexibility index (Phi) is 6.35. The van der Waals surface area contributed by atoms with Crippen LogP contribution in [0.4, 0.5) is 5.69 Å². The summed E-state index contributed by atoms with van der Waals surface area (Å²) in [5.41, 5.74) is 5.83. The highest BCUT2D eigenvalue weighted by Gasteiger charge is 2.29. The van der Waals surface area contributed by atoms with Crippen LogP contribution in [0.25, 0.3) is 0 Å². The molecule has 0 heterocycles. The summed E-state index contributed by atoms with van der Waals surface area (Å²) in [6.45, 7) is 8.75. The van der Waals surface area contributed by atoms with Gasteiger partial charge in [0.1, 0.15) is 4.90 Å². The highest BCUT2D eigenvalue weighted by Crippen LogP contribution is 2.34. The topological polar surface area (TPSA) is 63.4 Å². The summed E-state index contributed by atoms with van der Waals surface area (Å²) in [6, 6.07) is 2.86. The molecule has 0 saturated heterocycles. The van der Waals surface area contributed by atoms with E-state index in [9.17, 15) is 8.42 Å². The number of hydrogen-bond acceptors (Lipinski definition) is 3. The highest BCUT2D eigenvalue weighted by molar-refractivity contribution is 7.89. The molecular formula is C14H22Cl2N2O2S. The monoisotopic (exact) mass is 352 g/mol. The summed E-state index contributed by atoms with van der Waals surface area (Å²) in [5, 5.41) is 0.234. The maximum Gasteiger partial charge on any atom is 0.244 e. The predicted octanol–water partition coefficient (Wildman–Crippen LogP) is 3.88. The van der Waals surface area contributed by atoms with Crippen LogP contribution in [0.5, 0.6) is 0 Å². The van der Waals surface area contributed by atoms with Gasteiger partial charge in [-0.2, -0.15) is 4.31 Å². The second kappa shape index (κ2) is 7.18. The maximum atomic E-state index is 12.8. The molecule has 2 N–H and O–H groups in total. The van der Waals surface area contributed by atoms with Crippen molar-refractivity contribution < 1.29 is 8.42 Å². The van der Waals surface area contributed by atoms with Gasteiger partial charge in [-0.1, -0.05) is 50.9 Å². The summed E-state index contributed by atoms with van der Waals surface area (Å²) >= 11 is 12.0. The second-order valence-electron chi connectivity index (χ2n) is 5.88. The van der Waals surface area contributed by atoms with E-state index in [2.05, 4.69) is 0 Å². The van der Waals surface area contributed by atoms with Gasteiger partial charge < -0.3 is 5.73 Å². The first-order valence-corrected chi connectivity index (χ1v) is 9.00. The highest BCUT2D eigenvalue weighted by atomic mass is 35.5. The Morgan fingerprint density at radius 1 is 1.10 bits per heavy atom. The minimum atomic E-state index is -3.70. The fraction of sp³-hybridized carbons (Fsp3) is 0.571. The lowest BCUT2D eigenvalue weighted by molar-refractivity contribution is 0.333. The molecule has 0 amide bonds. The molecule has 0 bridgehead atoms. The van der Waals surface area contributed by atoms with Crippen LogP contribution in [0.15, 0.2) is 17.0 Å². The third-order valence-corrected chi connectivity index (χ3v) is 5.57. The fourth-order valence-corrected chi connectivity index (χ4v) is 4.48. The summed E-state index contributed by atoms with van der Waals surface area (Å²) in [6.07, 6.45) is 0. The van der Waals surface area contributed by atoms with Crippen molar-refractivity contribution in [3.8, 4) is 0 Å². The van der Waals surface area contributed by atoms with Crippen LogP contribution in [-0.4, -0.2) is 25.8 Å². The van der Waals surface area contributed by atoms with Gasteiger partial charge in [0, 0.05) is 13.1 Å². The van der Waals surface area contributed by atoms with Crippen molar-refractivity contribution in [2.24, 2.45) is 11.8 Å². The SMILES string of the molecule is CC(C)CN(CC(C)C)S(=O)(=O)c1ccc(Cl)c(N)c1Cl. The van der Waals surface area contributed by atoms with Crippen molar-refractivity contribution in [3.63, 3.8) is 0 Å². The van der Waals surface area contributed by atoms with E-state index in [4.69, 9.17) is 28.9 Å². The molecule has 0 aromatic heterocycles. The number of nitrogen functional groups attached to an aromatic ring is 1. The molecule has 0 atom stereocenters. The minimum absolute atomic E-state index is 0.00682. The molecule has 7 heteroatoms. The van der Waals surface area contributed by atoms with Crippen LogP contribution in [0, 0.1) is 11.8 Å². The lowest BCUT2D eigenvalue weighted by Crippen LogP contribution is -2.37. The zero-order chi connectivity index (χ0) is 16.4. The molecule has 1 rings (SSSR count). The van der Waals surface area contributed by atoms with Crippen molar-refractivity contribution in [1.82, 2.24) is 4.31 Å². The van der Waals surface area contributed by atoms with Crippen molar-refractivity contribution in [2.45, 2.75) is 32.6 Å². The number of benzene rings is 1. The molecule has 0 spiro atoms. The third-order valence-electron chi connectivity index (χ3n) is 2.85. The lowest BCUT2D eigenvalue weighted by Gasteiger charge is -2.26. The molecule has 4 nitrogen and oxygen atoms in total. The lowest BCUT2D eigenvalue weighted by atomic mass is 10.2. The van der Waals surface area contributed by atoms with Crippen LogP contribution in [0.3, 0.4) is 0 Å². The number of nitrogens with two attached hydrogens (primary N) is 1. The normalized spacial score (nSPS) is 12.6. The van der Waals surface area contributed by atoms with Gasteiger partial charge in [-0.3, -0.25) is 0 Å². The summed E-state index contributed by atoms with van der Waals surface area (Å²) in [7, 11) is -3.70. The zero-order valence-corrected chi connectivity index (χ0v) is 15.1. The van der Waals surface area contributed by atoms with Crippen LogP contribution < -0.4 is 5.73 Å². The van der Waals surface area contributed by atoms with Gasteiger partial charge in [0.2, 0.25) is 10.0 Å². The van der Waals surface area contributed by atoms with Gasteiger partial charge >= 0.3 is 0 Å². The fourth-order valence-electron chi connectivity index (χ4n) is 1.97. The molecule has 0 fully saturated rings. The Bertz CT molecular complexity index is 591. The molecule has 0 radical (unpaired) electrons. The van der Waals surface area contributed by atoms with E-state index in [1.165, 1.54) is 16.4 Å². The Balaban J connectivity index is 3.32. The Morgan fingerprint density at radius 2 is 1.57 bits per heavy atom. The van der Waals surface area contributed by atoms with Gasteiger partial charge in [0.25, 0.3) is 0 Å². The Labute approximate surface area is 137 Å². The largest absolute Gasteiger partial charge is 0.396 e. The average Bonchev–Trinajstić information content (AvgIpc) is 2.33. The Hall–Kier alpha value is -0.490. The second-order valence-corrected chi connectivity index (χ2v) is 8.57. The molecular weight excluding hydrogens is 331 g/mol.